The molecule has 1 aliphatic heterocycles. The fourth-order valence-electron chi connectivity index (χ4n) is 2.04. The lowest BCUT2D eigenvalue weighted by atomic mass is 9.88. The number of hydrogen-bond acceptors (Lipinski definition) is 4. The van der Waals surface area contributed by atoms with Crippen LogP contribution in [-0.2, 0) is 4.74 Å². The number of halogens is 1. The Morgan fingerprint density at radius 3 is 2.69 bits per heavy atom. The highest BCUT2D eigenvalue weighted by Gasteiger charge is 2.23. The van der Waals surface area contributed by atoms with Crippen LogP contribution in [0.3, 0.4) is 0 Å². The molecule has 16 heavy (non-hydrogen) atoms. The molecule has 1 aromatic heterocycles. The minimum Gasteiger partial charge on any atom is -0.383 e. The van der Waals surface area contributed by atoms with Crippen LogP contribution in [0, 0.1) is 5.92 Å². The first-order valence-electron chi connectivity index (χ1n) is 5.33. The van der Waals surface area contributed by atoms with Crippen LogP contribution >= 0.6 is 12.4 Å². The van der Waals surface area contributed by atoms with Crippen molar-refractivity contribution in [2.24, 2.45) is 11.7 Å². The molecular formula is C11H18ClN3O. The fraction of sp³-hybridized carbons (Fsp3) is 0.545. The van der Waals surface area contributed by atoms with E-state index in [0.29, 0.717) is 11.7 Å². The van der Waals surface area contributed by atoms with Crippen molar-refractivity contribution in [2.75, 3.05) is 18.9 Å². The topological polar surface area (TPSA) is 74.2 Å². The van der Waals surface area contributed by atoms with Crippen molar-refractivity contribution in [3.8, 4) is 0 Å². The molecule has 0 radical (unpaired) electrons. The number of anilines is 1. The molecule has 0 aromatic carbocycles. The zero-order valence-electron chi connectivity index (χ0n) is 9.13. The predicted molar refractivity (Wildman–Crippen MR) is 66.4 cm³/mol. The predicted octanol–water partition coefficient (Wildman–Crippen LogP) is 1.51. The third kappa shape index (κ3) is 2.84. The van der Waals surface area contributed by atoms with Gasteiger partial charge in [0.1, 0.15) is 5.82 Å². The van der Waals surface area contributed by atoms with Crippen LogP contribution in [0.1, 0.15) is 24.4 Å². The SMILES string of the molecule is Cl.Nc1ncccc1[C@H](N)C1CCOCC1. The van der Waals surface area contributed by atoms with E-state index in [9.17, 15) is 0 Å². The van der Waals surface area contributed by atoms with Gasteiger partial charge in [-0.25, -0.2) is 4.98 Å². The van der Waals surface area contributed by atoms with E-state index >= 15 is 0 Å². The highest BCUT2D eigenvalue weighted by Crippen LogP contribution is 2.29. The van der Waals surface area contributed by atoms with Crippen molar-refractivity contribution < 1.29 is 4.74 Å². The first-order chi connectivity index (χ1) is 7.29. The van der Waals surface area contributed by atoms with Gasteiger partial charge in [0.25, 0.3) is 0 Å². The standard InChI is InChI=1S/C11H17N3O.ClH/c12-10(8-3-6-15-7-4-8)9-2-1-5-14-11(9)13;/h1-2,5,8,10H,3-4,6-7,12H2,(H2,13,14);1H/t10-;/m1./s1. The zero-order chi connectivity index (χ0) is 10.7. The average molecular weight is 244 g/mol. The Morgan fingerprint density at radius 2 is 2.06 bits per heavy atom. The third-order valence-corrected chi connectivity index (χ3v) is 3.00. The van der Waals surface area contributed by atoms with Crippen LogP contribution in [-0.4, -0.2) is 18.2 Å². The molecule has 0 unspecified atom stereocenters. The molecule has 0 spiro atoms. The van der Waals surface area contributed by atoms with E-state index in [-0.39, 0.29) is 18.4 Å². The zero-order valence-corrected chi connectivity index (χ0v) is 9.95. The van der Waals surface area contributed by atoms with Crippen LogP contribution in [0.4, 0.5) is 5.82 Å². The van der Waals surface area contributed by atoms with Gasteiger partial charge in [0.2, 0.25) is 0 Å². The van der Waals surface area contributed by atoms with Crippen LogP contribution in [0.2, 0.25) is 0 Å². The van der Waals surface area contributed by atoms with Crippen LogP contribution in [0.5, 0.6) is 0 Å². The van der Waals surface area contributed by atoms with Gasteiger partial charge in [-0.1, -0.05) is 6.07 Å². The van der Waals surface area contributed by atoms with E-state index in [1.54, 1.807) is 6.20 Å². The number of nitrogens with two attached hydrogens (primary N) is 2. The molecule has 4 N–H and O–H groups in total. The van der Waals surface area contributed by atoms with Gasteiger partial charge < -0.3 is 16.2 Å². The number of nitrogens with zero attached hydrogens (tertiary/aromatic N) is 1. The summed E-state index contributed by atoms with van der Waals surface area (Å²) in [6, 6.07) is 3.83. The smallest absolute Gasteiger partial charge is 0.128 e. The lowest BCUT2D eigenvalue weighted by molar-refractivity contribution is 0.0584. The van der Waals surface area contributed by atoms with E-state index < -0.39 is 0 Å². The minimum atomic E-state index is -0.0115. The van der Waals surface area contributed by atoms with Crippen LogP contribution < -0.4 is 11.5 Å². The maximum atomic E-state index is 6.20. The number of rotatable bonds is 2. The largest absolute Gasteiger partial charge is 0.383 e. The highest BCUT2D eigenvalue weighted by atomic mass is 35.5. The molecule has 1 aromatic rings. The molecule has 1 saturated heterocycles. The Hall–Kier alpha value is -0.840. The lowest BCUT2D eigenvalue weighted by Crippen LogP contribution is -2.28. The van der Waals surface area contributed by atoms with Crippen molar-refractivity contribution in [3.63, 3.8) is 0 Å². The molecule has 1 atom stereocenters. The van der Waals surface area contributed by atoms with E-state index in [4.69, 9.17) is 16.2 Å². The molecule has 2 heterocycles. The number of pyridine rings is 1. The van der Waals surface area contributed by atoms with Gasteiger partial charge in [0, 0.05) is 31.0 Å². The summed E-state index contributed by atoms with van der Waals surface area (Å²) >= 11 is 0. The summed E-state index contributed by atoms with van der Waals surface area (Å²) in [6.45, 7) is 1.61. The van der Waals surface area contributed by atoms with Crippen molar-refractivity contribution in [1.29, 1.82) is 0 Å². The molecule has 90 valence electrons. The normalized spacial score (nSPS) is 18.8. The molecule has 5 heteroatoms. The Labute approximate surface area is 102 Å². The van der Waals surface area contributed by atoms with E-state index in [1.165, 1.54) is 0 Å². The number of aromatic nitrogens is 1. The third-order valence-electron chi connectivity index (χ3n) is 3.00. The van der Waals surface area contributed by atoms with Gasteiger partial charge in [-0.2, -0.15) is 0 Å². The summed E-state index contributed by atoms with van der Waals surface area (Å²) < 4.78 is 5.31. The van der Waals surface area contributed by atoms with Gasteiger partial charge in [-0.3, -0.25) is 0 Å². The second-order valence-corrected chi connectivity index (χ2v) is 3.95. The summed E-state index contributed by atoms with van der Waals surface area (Å²) in [5, 5.41) is 0. The second kappa shape index (κ2) is 6.03. The Kier molecular flexibility index (Phi) is 4.99. The average Bonchev–Trinajstić information content (AvgIpc) is 2.30. The molecule has 4 nitrogen and oxygen atoms in total. The van der Waals surface area contributed by atoms with Gasteiger partial charge in [-0.15, -0.1) is 12.4 Å². The van der Waals surface area contributed by atoms with Gasteiger partial charge >= 0.3 is 0 Å². The van der Waals surface area contributed by atoms with Crippen molar-refractivity contribution in [1.82, 2.24) is 4.98 Å². The van der Waals surface area contributed by atoms with Crippen molar-refractivity contribution in [2.45, 2.75) is 18.9 Å². The molecule has 1 fully saturated rings. The van der Waals surface area contributed by atoms with Crippen LogP contribution in [0.15, 0.2) is 18.3 Å². The summed E-state index contributed by atoms with van der Waals surface area (Å²) in [6.07, 6.45) is 3.71. The van der Waals surface area contributed by atoms with E-state index in [0.717, 1.165) is 31.6 Å². The first kappa shape index (κ1) is 13.2. The molecular weight excluding hydrogens is 226 g/mol. The Morgan fingerprint density at radius 1 is 1.38 bits per heavy atom. The summed E-state index contributed by atoms with van der Waals surface area (Å²) in [7, 11) is 0. The summed E-state index contributed by atoms with van der Waals surface area (Å²) in [5.41, 5.74) is 13.0. The summed E-state index contributed by atoms with van der Waals surface area (Å²) in [5.74, 6) is 1.02. The fourth-order valence-corrected chi connectivity index (χ4v) is 2.04. The molecule has 0 saturated carbocycles. The van der Waals surface area contributed by atoms with Crippen molar-refractivity contribution >= 4 is 18.2 Å². The van der Waals surface area contributed by atoms with Gasteiger partial charge in [0.05, 0.1) is 0 Å². The molecule has 2 rings (SSSR count). The highest BCUT2D eigenvalue weighted by molar-refractivity contribution is 5.85. The Bertz CT molecular complexity index is 329. The Balaban J connectivity index is 0.00000128. The quantitative estimate of drug-likeness (QED) is 0.826. The first-order valence-corrected chi connectivity index (χ1v) is 5.33. The van der Waals surface area contributed by atoms with Crippen LogP contribution in [0.25, 0.3) is 0 Å². The molecule has 0 aliphatic carbocycles. The van der Waals surface area contributed by atoms with Gasteiger partial charge in [-0.05, 0) is 24.8 Å². The lowest BCUT2D eigenvalue weighted by Gasteiger charge is -2.28. The monoisotopic (exact) mass is 243 g/mol. The maximum Gasteiger partial charge on any atom is 0.128 e. The van der Waals surface area contributed by atoms with Gasteiger partial charge in [0.15, 0.2) is 0 Å². The minimum absolute atomic E-state index is 0. The molecule has 1 aliphatic rings. The number of hydrogen-bond donors (Lipinski definition) is 2. The number of nitrogen functional groups attached to an aromatic ring is 1. The maximum absolute atomic E-state index is 6.20. The van der Waals surface area contributed by atoms with Crippen molar-refractivity contribution in [3.05, 3.63) is 23.9 Å². The molecule has 0 amide bonds. The second-order valence-electron chi connectivity index (χ2n) is 3.95. The number of ether oxygens (including phenoxy) is 1. The van der Waals surface area contributed by atoms with E-state index in [2.05, 4.69) is 4.98 Å². The van der Waals surface area contributed by atoms with E-state index in [1.807, 2.05) is 12.1 Å². The molecule has 0 bridgehead atoms. The summed E-state index contributed by atoms with van der Waals surface area (Å²) in [4.78, 5) is 4.06.